The first-order valence-electron chi connectivity index (χ1n) is 7.52. The van der Waals surface area contributed by atoms with Gasteiger partial charge in [0, 0.05) is 23.9 Å². The Kier molecular flexibility index (Phi) is 3.88. The highest BCUT2D eigenvalue weighted by molar-refractivity contribution is 6.01. The maximum absolute atomic E-state index is 11.5. The van der Waals surface area contributed by atoms with Gasteiger partial charge >= 0.3 is 5.97 Å². The van der Waals surface area contributed by atoms with E-state index in [1.54, 1.807) is 0 Å². The zero-order chi connectivity index (χ0) is 15.7. The number of nitrogens with zero attached hydrogens (tertiary/aromatic N) is 2. The van der Waals surface area contributed by atoms with Crippen molar-refractivity contribution in [3.05, 3.63) is 30.0 Å². The number of fused-ring (bicyclic) bond motifs is 1. The minimum atomic E-state index is -0.273. The average Bonchev–Trinajstić information content (AvgIpc) is 3.31. The fourth-order valence-electron chi connectivity index (χ4n) is 2.54. The molecule has 1 N–H and O–H groups in total. The Balaban J connectivity index is 2.02. The van der Waals surface area contributed by atoms with Crippen LogP contribution in [-0.4, -0.2) is 37.7 Å². The summed E-state index contributed by atoms with van der Waals surface area (Å²) in [6.45, 7) is 2.26. The van der Waals surface area contributed by atoms with E-state index in [2.05, 4.69) is 35.4 Å². The smallest absolute Gasteiger partial charge is 0.325 e. The number of nitrogens with one attached hydrogen (secondary N) is 1. The van der Waals surface area contributed by atoms with Crippen LogP contribution in [0.3, 0.4) is 0 Å². The highest BCUT2D eigenvalue weighted by atomic mass is 16.5. The molecule has 0 radical (unpaired) electrons. The number of carbonyl (C=O) groups excluding carboxylic acids is 1. The predicted octanol–water partition coefficient (Wildman–Crippen LogP) is 2.73. The number of anilines is 2. The molecular formula is C17H21N3O2. The summed E-state index contributed by atoms with van der Waals surface area (Å²) >= 11 is 0. The Bertz CT molecular complexity index is 710. The summed E-state index contributed by atoms with van der Waals surface area (Å²) in [5.41, 5.74) is 2.27. The minimum absolute atomic E-state index is 0.182. The molecule has 0 aliphatic heterocycles. The van der Waals surface area contributed by atoms with Crippen LogP contribution in [0.2, 0.25) is 0 Å². The summed E-state index contributed by atoms with van der Waals surface area (Å²) in [7, 11) is 3.25. The molecule has 2 aromatic rings. The molecule has 3 rings (SSSR count). The van der Waals surface area contributed by atoms with Crippen molar-refractivity contribution in [2.24, 2.45) is 0 Å². The van der Waals surface area contributed by atoms with Crippen LogP contribution in [0.1, 0.15) is 18.4 Å². The number of aryl methyl sites for hydroxylation is 1. The fourth-order valence-corrected chi connectivity index (χ4v) is 2.54. The predicted molar refractivity (Wildman–Crippen MR) is 88.4 cm³/mol. The Morgan fingerprint density at radius 3 is 2.86 bits per heavy atom. The maximum atomic E-state index is 11.5. The number of likely N-dealkylation sites (N-methyl/N-ethyl adjacent to an activating group) is 1. The topological polar surface area (TPSA) is 54.5 Å². The molecule has 1 aliphatic rings. The van der Waals surface area contributed by atoms with Gasteiger partial charge in [-0.05, 0) is 25.8 Å². The number of benzene rings is 1. The van der Waals surface area contributed by atoms with E-state index in [0.717, 1.165) is 22.3 Å². The number of esters is 1. The van der Waals surface area contributed by atoms with Crippen LogP contribution in [0.5, 0.6) is 0 Å². The standard InChI is InChI=1S/C17H21N3O2/c1-11-4-7-13-14(8-11)15(19-12-5-6-12)9-18-17(13)20(2)10-16(21)22-3/h4,7-9,12,19H,5-6,10H2,1-3H3. The molecule has 1 fully saturated rings. The van der Waals surface area contributed by atoms with Gasteiger partial charge in [0.25, 0.3) is 0 Å². The number of aromatic nitrogens is 1. The molecule has 1 aromatic heterocycles. The number of ether oxygens (including phenoxy) is 1. The number of pyridine rings is 1. The van der Waals surface area contributed by atoms with Gasteiger partial charge < -0.3 is 15.0 Å². The van der Waals surface area contributed by atoms with Gasteiger partial charge in [0.1, 0.15) is 12.4 Å². The second-order valence-corrected chi connectivity index (χ2v) is 5.90. The van der Waals surface area contributed by atoms with Crippen molar-refractivity contribution >= 4 is 28.2 Å². The van der Waals surface area contributed by atoms with Gasteiger partial charge in [-0.15, -0.1) is 0 Å². The monoisotopic (exact) mass is 299 g/mol. The number of hydrogen-bond donors (Lipinski definition) is 1. The van der Waals surface area contributed by atoms with E-state index in [0.29, 0.717) is 6.04 Å². The van der Waals surface area contributed by atoms with E-state index in [9.17, 15) is 4.79 Å². The van der Waals surface area contributed by atoms with Crippen molar-refractivity contribution in [1.29, 1.82) is 0 Å². The Labute approximate surface area is 130 Å². The molecule has 0 bridgehead atoms. The third-order valence-electron chi connectivity index (χ3n) is 3.91. The molecule has 1 aromatic carbocycles. The molecule has 1 heterocycles. The van der Waals surface area contributed by atoms with Crippen LogP contribution in [0.25, 0.3) is 10.8 Å². The third-order valence-corrected chi connectivity index (χ3v) is 3.91. The summed E-state index contributed by atoms with van der Waals surface area (Å²) in [6, 6.07) is 6.88. The summed E-state index contributed by atoms with van der Waals surface area (Å²) in [5.74, 6) is 0.520. The molecule has 5 heteroatoms. The molecular weight excluding hydrogens is 278 g/mol. The average molecular weight is 299 g/mol. The maximum Gasteiger partial charge on any atom is 0.325 e. The number of methoxy groups -OCH3 is 1. The lowest BCUT2D eigenvalue weighted by Crippen LogP contribution is -2.27. The molecule has 116 valence electrons. The van der Waals surface area contributed by atoms with Crippen LogP contribution in [0, 0.1) is 6.92 Å². The lowest BCUT2D eigenvalue weighted by Gasteiger charge is -2.20. The van der Waals surface area contributed by atoms with Gasteiger partial charge in [-0.3, -0.25) is 4.79 Å². The van der Waals surface area contributed by atoms with Crippen LogP contribution in [0.15, 0.2) is 24.4 Å². The number of hydrogen-bond acceptors (Lipinski definition) is 5. The van der Waals surface area contributed by atoms with Gasteiger partial charge in [0.05, 0.1) is 19.0 Å². The Morgan fingerprint density at radius 1 is 1.41 bits per heavy atom. The molecule has 5 nitrogen and oxygen atoms in total. The highest BCUT2D eigenvalue weighted by Crippen LogP contribution is 2.33. The lowest BCUT2D eigenvalue weighted by molar-refractivity contribution is -0.138. The van der Waals surface area contributed by atoms with E-state index in [4.69, 9.17) is 4.74 Å². The molecule has 1 saturated carbocycles. The van der Waals surface area contributed by atoms with Crippen LogP contribution >= 0.6 is 0 Å². The van der Waals surface area contributed by atoms with Crippen molar-refractivity contribution in [1.82, 2.24) is 4.98 Å². The first kappa shape index (κ1) is 14.6. The van der Waals surface area contributed by atoms with E-state index >= 15 is 0 Å². The molecule has 1 aliphatic carbocycles. The first-order chi connectivity index (χ1) is 10.6. The van der Waals surface area contributed by atoms with Crippen molar-refractivity contribution in [3.63, 3.8) is 0 Å². The summed E-state index contributed by atoms with van der Waals surface area (Å²) in [5, 5.41) is 5.72. The van der Waals surface area contributed by atoms with Crippen molar-refractivity contribution in [2.45, 2.75) is 25.8 Å². The van der Waals surface area contributed by atoms with Crippen LogP contribution in [-0.2, 0) is 9.53 Å². The number of carbonyl (C=O) groups is 1. The second-order valence-electron chi connectivity index (χ2n) is 5.90. The molecule has 0 unspecified atom stereocenters. The fraction of sp³-hybridized carbons (Fsp3) is 0.412. The molecule has 0 atom stereocenters. The van der Waals surface area contributed by atoms with E-state index in [1.807, 2.05) is 18.1 Å². The quantitative estimate of drug-likeness (QED) is 0.860. The summed E-state index contributed by atoms with van der Waals surface area (Å²) < 4.78 is 4.74. The molecule has 0 spiro atoms. The second kappa shape index (κ2) is 5.83. The largest absolute Gasteiger partial charge is 0.468 e. The highest BCUT2D eigenvalue weighted by Gasteiger charge is 2.22. The van der Waals surface area contributed by atoms with Gasteiger partial charge in [0.2, 0.25) is 0 Å². The molecule has 0 saturated heterocycles. The van der Waals surface area contributed by atoms with Crippen molar-refractivity contribution < 1.29 is 9.53 Å². The lowest BCUT2D eigenvalue weighted by atomic mass is 10.1. The number of rotatable bonds is 5. The SMILES string of the molecule is COC(=O)CN(C)c1ncc(NC2CC2)c2cc(C)ccc12. The van der Waals surface area contributed by atoms with Gasteiger partial charge in [-0.2, -0.15) is 0 Å². The Hall–Kier alpha value is -2.30. The normalized spacial score (nSPS) is 14.0. The molecule has 0 amide bonds. The minimum Gasteiger partial charge on any atom is -0.468 e. The van der Waals surface area contributed by atoms with Gasteiger partial charge in [-0.25, -0.2) is 4.98 Å². The first-order valence-corrected chi connectivity index (χ1v) is 7.52. The zero-order valence-electron chi connectivity index (χ0n) is 13.2. The van der Waals surface area contributed by atoms with E-state index in [-0.39, 0.29) is 12.5 Å². The van der Waals surface area contributed by atoms with Crippen molar-refractivity contribution in [2.75, 3.05) is 30.9 Å². The zero-order valence-corrected chi connectivity index (χ0v) is 13.2. The van der Waals surface area contributed by atoms with Crippen LogP contribution in [0.4, 0.5) is 11.5 Å². The van der Waals surface area contributed by atoms with Crippen molar-refractivity contribution in [3.8, 4) is 0 Å². The van der Waals surface area contributed by atoms with E-state index < -0.39 is 0 Å². The van der Waals surface area contributed by atoms with Gasteiger partial charge in [0.15, 0.2) is 0 Å². The summed E-state index contributed by atoms with van der Waals surface area (Å²) in [6.07, 6.45) is 4.30. The molecule has 22 heavy (non-hydrogen) atoms. The van der Waals surface area contributed by atoms with Gasteiger partial charge in [-0.1, -0.05) is 17.7 Å². The Morgan fingerprint density at radius 2 is 2.18 bits per heavy atom. The van der Waals surface area contributed by atoms with Crippen LogP contribution < -0.4 is 10.2 Å². The van der Waals surface area contributed by atoms with E-state index in [1.165, 1.54) is 25.5 Å². The summed E-state index contributed by atoms with van der Waals surface area (Å²) in [4.78, 5) is 17.9. The third kappa shape index (κ3) is 2.98.